The SMILES string of the molecule is CNCC1CCN(Cc2ccc(Cl)cc2Cl)C1.Cl. The highest BCUT2D eigenvalue weighted by molar-refractivity contribution is 6.35. The van der Waals surface area contributed by atoms with Crippen molar-refractivity contribution in [3.8, 4) is 0 Å². The molecule has 1 unspecified atom stereocenters. The van der Waals surface area contributed by atoms with Gasteiger partial charge in [-0.15, -0.1) is 12.4 Å². The summed E-state index contributed by atoms with van der Waals surface area (Å²) in [4.78, 5) is 2.46. The number of hydrogen-bond donors (Lipinski definition) is 1. The molecule has 5 heteroatoms. The lowest BCUT2D eigenvalue weighted by molar-refractivity contribution is 0.315. The van der Waals surface area contributed by atoms with Crippen molar-refractivity contribution in [2.75, 3.05) is 26.7 Å². The average Bonchev–Trinajstić information content (AvgIpc) is 2.71. The lowest BCUT2D eigenvalue weighted by atomic mass is 10.1. The Kier molecular flexibility index (Phi) is 6.75. The normalized spacial score (nSPS) is 19.8. The predicted molar refractivity (Wildman–Crippen MR) is 81.0 cm³/mol. The summed E-state index contributed by atoms with van der Waals surface area (Å²) in [5.41, 5.74) is 1.17. The van der Waals surface area contributed by atoms with Gasteiger partial charge in [0.25, 0.3) is 0 Å². The molecular weight excluding hydrogens is 291 g/mol. The standard InChI is InChI=1S/C13H18Cl2N2.ClH/c1-16-7-10-4-5-17(8-10)9-11-2-3-12(14)6-13(11)15;/h2-3,6,10,16H,4-5,7-9H2,1H3;1H. The van der Waals surface area contributed by atoms with Crippen molar-refractivity contribution in [1.82, 2.24) is 10.2 Å². The Morgan fingerprint density at radius 1 is 1.39 bits per heavy atom. The van der Waals surface area contributed by atoms with Crippen LogP contribution in [-0.4, -0.2) is 31.6 Å². The monoisotopic (exact) mass is 308 g/mol. The summed E-state index contributed by atoms with van der Waals surface area (Å²) in [5, 5.41) is 4.72. The van der Waals surface area contributed by atoms with Gasteiger partial charge in [-0.3, -0.25) is 4.90 Å². The number of likely N-dealkylation sites (tertiary alicyclic amines) is 1. The fourth-order valence-electron chi connectivity index (χ4n) is 2.40. The van der Waals surface area contributed by atoms with Gasteiger partial charge in [0.15, 0.2) is 0 Å². The molecule has 1 atom stereocenters. The van der Waals surface area contributed by atoms with Crippen LogP contribution in [0.4, 0.5) is 0 Å². The Hall–Kier alpha value is 0.01000. The molecule has 1 aliphatic heterocycles. The molecule has 1 aromatic rings. The second-order valence-electron chi connectivity index (χ2n) is 4.68. The second-order valence-corrected chi connectivity index (χ2v) is 5.53. The molecule has 0 aliphatic carbocycles. The van der Waals surface area contributed by atoms with Gasteiger partial charge in [0.2, 0.25) is 0 Å². The summed E-state index contributed by atoms with van der Waals surface area (Å²) in [6, 6.07) is 5.75. The van der Waals surface area contributed by atoms with E-state index in [0.717, 1.165) is 37.1 Å². The van der Waals surface area contributed by atoms with E-state index in [4.69, 9.17) is 23.2 Å². The molecule has 0 radical (unpaired) electrons. The predicted octanol–water partition coefficient (Wildman–Crippen LogP) is 3.46. The van der Waals surface area contributed by atoms with Crippen LogP contribution >= 0.6 is 35.6 Å². The Morgan fingerprint density at radius 2 is 2.17 bits per heavy atom. The molecule has 102 valence electrons. The van der Waals surface area contributed by atoms with E-state index >= 15 is 0 Å². The Morgan fingerprint density at radius 3 is 2.83 bits per heavy atom. The molecule has 2 rings (SSSR count). The first-order valence-corrected chi connectivity index (χ1v) is 6.75. The number of benzene rings is 1. The van der Waals surface area contributed by atoms with E-state index < -0.39 is 0 Å². The first-order chi connectivity index (χ1) is 8.19. The minimum absolute atomic E-state index is 0. The third-order valence-corrected chi connectivity index (χ3v) is 3.86. The molecule has 0 aromatic heterocycles. The van der Waals surface area contributed by atoms with Crippen LogP contribution in [0, 0.1) is 5.92 Å². The highest BCUT2D eigenvalue weighted by atomic mass is 35.5. The first kappa shape index (κ1) is 16.1. The van der Waals surface area contributed by atoms with Crippen LogP contribution in [0.15, 0.2) is 18.2 Å². The van der Waals surface area contributed by atoms with Gasteiger partial charge >= 0.3 is 0 Å². The molecule has 1 heterocycles. The number of nitrogens with zero attached hydrogens (tertiary/aromatic N) is 1. The molecule has 2 nitrogen and oxygen atoms in total. The topological polar surface area (TPSA) is 15.3 Å². The molecule has 1 N–H and O–H groups in total. The van der Waals surface area contributed by atoms with Crippen molar-refractivity contribution in [2.45, 2.75) is 13.0 Å². The molecule has 0 amide bonds. The van der Waals surface area contributed by atoms with Gasteiger partial charge in [-0.05, 0) is 50.2 Å². The van der Waals surface area contributed by atoms with Gasteiger partial charge in [0.1, 0.15) is 0 Å². The minimum Gasteiger partial charge on any atom is -0.319 e. The lowest BCUT2D eigenvalue weighted by Crippen LogP contribution is -2.24. The maximum absolute atomic E-state index is 6.18. The number of rotatable bonds is 4. The van der Waals surface area contributed by atoms with E-state index in [9.17, 15) is 0 Å². The molecule has 0 bridgehead atoms. The van der Waals surface area contributed by atoms with E-state index in [2.05, 4.69) is 10.2 Å². The van der Waals surface area contributed by atoms with E-state index in [1.165, 1.54) is 12.0 Å². The van der Waals surface area contributed by atoms with Crippen molar-refractivity contribution >= 4 is 35.6 Å². The Balaban J connectivity index is 0.00000162. The summed E-state index contributed by atoms with van der Waals surface area (Å²) in [6.07, 6.45) is 1.27. The van der Waals surface area contributed by atoms with E-state index in [1.54, 1.807) is 0 Å². The van der Waals surface area contributed by atoms with Crippen LogP contribution < -0.4 is 5.32 Å². The van der Waals surface area contributed by atoms with Crippen molar-refractivity contribution in [3.63, 3.8) is 0 Å². The van der Waals surface area contributed by atoms with Crippen molar-refractivity contribution in [1.29, 1.82) is 0 Å². The van der Waals surface area contributed by atoms with Gasteiger partial charge in [-0.2, -0.15) is 0 Å². The lowest BCUT2D eigenvalue weighted by Gasteiger charge is -2.17. The number of hydrogen-bond acceptors (Lipinski definition) is 2. The minimum atomic E-state index is 0. The van der Waals surface area contributed by atoms with Crippen LogP contribution in [0.2, 0.25) is 10.0 Å². The maximum atomic E-state index is 6.18. The van der Waals surface area contributed by atoms with E-state index in [-0.39, 0.29) is 12.4 Å². The van der Waals surface area contributed by atoms with E-state index in [0.29, 0.717) is 5.02 Å². The largest absolute Gasteiger partial charge is 0.319 e. The summed E-state index contributed by atoms with van der Waals surface area (Å²) in [5.74, 6) is 0.770. The van der Waals surface area contributed by atoms with E-state index in [1.807, 2.05) is 25.2 Å². The third kappa shape index (κ3) is 4.29. The second kappa shape index (κ2) is 7.56. The van der Waals surface area contributed by atoms with Crippen LogP contribution in [0.3, 0.4) is 0 Å². The summed E-state index contributed by atoms with van der Waals surface area (Å²) >= 11 is 12.1. The first-order valence-electron chi connectivity index (χ1n) is 6.00. The zero-order valence-electron chi connectivity index (χ0n) is 10.5. The molecular formula is C13H19Cl3N2. The summed E-state index contributed by atoms with van der Waals surface area (Å²) < 4.78 is 0. The fourth-order valence-corrected chi connectivity index (χ4v) is 2.87. The fraction of sp³-hybridized carbons (Fsp3) is 0.538. The van der Waals surface area contributed by atoms with Gasteiger partial charge < -0.3 is 5.32 Å². The van der Waals surface area contributed by atoms with Crippen molar-refractivity contribution < 1.29 is 0 Å². The molecule has 1 aromatic carbocycles. The van der Waals surface area contributed by atoms with Crippen LogP contribution in [0.5, 0.6) is 0 Å². The van der Waals surface area contributed by atoms with Crippen molar-refractivity contribution in [3.05, 3.63) is 33.8 Å². The zero-order chi connectivity index (χ0) is 12.3. The third-order valence-electron chi connectivity index (χ3n) is 3.27. The summed E-state index contributed by atoms with van der Waals surface area (Å²) in [6.45, 7) is 4.34. The zero-order valence-corrected chi connectivity index (χ0v) is 12.8. The molecule has 1 aliphatic rings. The highest BCUT2D eigenvalue weighted by Crippen LogP contribution is 2.24. The number of halogens is 3. The Bertz CT molecular complexity index is 384. The Labute approximate surface area is 125 Å². The number of nitrogens with one attached hydrogen (secondary N) is 1. The van der Waals surface area contributed by atoms with Crippen LogP contribution in [0.25, 0.3) is 0 Å². The van der Waals surface area contributed by atoms with Crippen molar-refractivity contribution in [2.24, 2.45) is 5.92 Å². The molecule has 1 saturated heterocycles. The van der Waals surface area contributed by atoms with Gasteiger partial charge in [-0.1, -0.05) is 29.3 Å². The molecule has 0 saturated carbocycles. The quantitative estimate of drug-likeness (QED) is 0.916. The van der Waals surface area contributed by atoms with Crippen LogP contribution in [0.1, 0.15) is 12.0 Å². The van der Waals surface area contributed by atoms with Gasteiger partial charge in [-0.25, -0.2) is 0 Å². The average molecular weight is 310 g/mol. The molecule has 0 spiro atoms. The van der Waals surface area contributed by atoms with Gasteiger partial charge in [0, 0.05) is 23.1 Å². The smallest absolute Gasteiger partial charge is 0.0465 e. The van der Waals surface area contributed by atoms with Gasteiger partial charge in [0.05, 0.1) is 0 Å². The molecule has 1 fully saturated rings. The molecule has 18 heavy (non-hydrogen) atoms. The maximum Gasteiger partial charge on any atom is 0.0465 e. The summed E-state index contributed by atoms with van der Waals surface area (Å²) in [7, 11) is 2.01. The van der Waals surface area contributed by atoms with Crippen LogP contribution in [-0.2, 0) is 6.54 Å². The highest BCUT2D eigenvalue weighted by Gasteiger charge is 2.22.